The van der Waals surface area contributed by atoms with Crippen molar-refractivity contribution in [1.82, 2.24) is 25.5 Å². The molecule has 2 aromatic rings. The van der Waals surface area contributed by atoms with Crippen LogP contribution in [0.15, 0.2) is 18.2 Å². The monoisotopic (exact) mass is 273 g/mol. The third kappa shape index (κ3) is 2.29. The summed E-state index contributed by atoms with van der Waals surface area (Å²) in [6, 6.07) is 6.04. The van der Waals surface area contributed by atoms with E-state index in [2.05, 4.69) is 20.8 Å². The molecule has 6 heteroatoms. The normalized spacial score (nSPS) is 13.8. The number of aromatic nitrogens is 4. The molecule has 6 nitrogen and oxygen atoms in total. The first-order valence-electron chi connectivity index (χ1n) is 6.60. The van der Waals surface area contributed by atoms with E-state index in [-0.39, 0.29) is 0 Å². The van der Waals surface area contributed by atoms with Crippen molar-refractivity contribution >= 4 is 6.41 Å². The molecule has 0 fully saturated rings. The zero-order valence-corrected chi connectivity index (χ0v) is 12.2. The number of nitrogens with zero attached hydrogens (tertiary/aromatic N) is 4. The van der Waals surface area contributed by atoms with Gasteiger partial charge >= 0.3 is 0 Å². The van der Waals surface area contributed by atoms with Crippen LogP contribution in [0.2, 0.25) is 0 Å². The molecule has 1 N–H and O–H groups in total. The molecule has 106 valence electrons. The Morgan fingerprint density at radius 1 is 1.35 bits per heavy atom. The lowest BCUT2D eigenvalue weighted by molar-refractivity contribution is -0.111. The largest absolute Gasteiger partial charge is 0.346 e. The highest BCUT2D eigenvalue weighted by Crippen LogP contribution is 2.26. The number of tetrazole rings is 1. The fourth-order valence-electron chi connectivity index (χ4n) is 2.28. The fraction of sp³-hybridized carbons (Fsp3) is 0.429. The molecule has 2 rings (SSSR count). The van der Waals surface area contributed by atoms with Gasteiger partial charge in [0.25, 0.3) is 0 Å². The Morgan fingerprint density at radius 2 is 2.00 bits per heavy atom. The van der Waals surface area contributed by atoms with E-state index in [1.54, 1.807) is 4.68 Å². The van der Waals surface area contributed by atoms with Gasteiger partial charge in [0.2, 0.25) is 6.41 Å². The molecule has 0 spiro atoms. The van der Waals surface area contributed by atoms with E-state index in [1.165, 1.54) is 0 Å². The van der Waals surface area contributed by atoms with Gasteiger partial charge in [0.1, 0.15) is 0 Å². The van der Waals surface area contributed by atoms with Crippen LogP contribution in [0, 0.1) is 13.8 Å². The van der Waals surface area contributed by atoms with Gasteiger partial charge in [-0.2, -0.15) is 4.68 Å². The number of benzene rings is 1. The number of hydrogen-bond donors (Lipinski definition) is 1. The van der Waals surface area contributed by atoms with Crippen molar-refractivity contribution in [2.45, 2.75) is 39.7 Å². The second-order valence-electron chi connectivity index (χ2n) is 5.10. The minimum atomic E-state index is -0.597. The third-order valence-corrected chi connectivity index (χ3v) is 3.70. The summed E-state index contributed by atoms with van der Waals surface area (Å²) >= 11 is 0. The van der Waals surface area contributed by atoms with Gasteiger partial charge < -0.3 is 5.32 Å². The molecule has 0 saturated heterocycles. The average Bonchev–Trinajstić information content (AvgIpc) is 2.88. The summed E-state index contributed by atoms with van der Waals surface area (Å²) in [4.78, 5) is 10.9. The van der Waals surface area contributed by atoms with Gasteiger partial charge in [-0.3, -0.25) is 4.79 Å². The SMILES string of the molecule is CCC(C)(NC=O)c1nnnn1-c1c(C)cccc1C. The van der Waals surface area contributed by atoms with Crippen LogP contribution in [0.5, 0.6) is 0 Å². The Labute approximate surface area is 118 Å². The van der Waals surface area contributed by atoms with Gasteiger partial charge in [-0.1, -0.05) is 25.1 Å². The van der Waals surface area contributed by atoms with Crippen molar-refractivity contribution in [2.75, 3.05) is 0 Å². The molecular weight excluding hydrogens is 254 g/mol. The van der Waals surface area contributed by atoms with Gasteiger partial charge in [-0.25, -0.2) is 0 Å². The highest BCUT2D eigenvalue weighted by atomic mass is 16.1. The number of nitrogens with one attached hydrogen (secondary N) is 1. The van der Waals surface area contributed by atoms with Crippen molar-refractivity contribution in [3.63, 3.8) is 0 Å². The molecule has 1 amide bonds. The first-order chi connectivity index (χ1) is 9.53. The van der Waals surface area contributed by atoms with E-state index in [0.29, 0.717) is 18.7 Å². The molecular formula is C14H19N5O. The van der Waals surface area contributed by atoms with Crippen molar-refractivity contribution < 1.29 is 4.79 Å². The standard InChI is InChI=1S/C14H19N5O/c1-5-14(4,15-9-20)13-16-17-18-19(13)12-10(2)7-6-8-11(12)3/h6-9H,5H2,1-4H3,(H,15,20). The molecule has 0 aliphatic heterocycles. The second kappa shape index (κ2) is 5.40. The predicted molar refractivity (Wildman–Crippen MR) is 75.5 cm³/mol. The Bertz CT molecular complexity index is 602. The highest BCUT2D eigenvalue weighted by Gasteiger charge is 2.31. The lowest BCUT2D eigenvalue weighted by Crippen LogP contribution is -2.40. The minimum absolute atomic E-state index is 0.597. The summed E-state index contributed by atoms with van der Waals surface area (Å²) in [5.41, 5.74) is 2.53. The molecule has 0 aliphatic rings. The van der Waals surface area contributed by atoms with Gasteiger partial charge in [0, 0.05) is 0 Å². The van der Waals surface area contributed by atoms with Crippen molar-refractivity contribution in [3.05, 3.63) is 35.2 Å². The molecule has 20 heavy (non-hydrogen) atoms. The number of carbonyl (C=O) groups excluding carboxylic acids is 1. The molecule has 1 heterocycles. The van der Waals surface area contributed by atoms with E-state index >= 15 is 0 Å². The Balaban J connectivity index is 2.61. The summed E-state index contributed by atoms with van der Waals surface area (Å²) < 4.78 is 1.71. The van der Waals surface area contributed by atoms with Gasteiger partial charge in [-0.15, -0.1) is 5.10 Å². The third-order valence-electron chi connectivity index (χ3n) is 3.70. The molecule has 0 radical (unpaired) electrons. The van der Waals surface area contributed by atoms with Crippen molar-refractivity contribution in [2.24, 2.45) is 0 Å². The van der Waals surface area contributed by atoms with Crippen LogP contribution in [0.3, 0.4) is 0 Å². The topological polar surface area (TPSA) is 72.7 Å². The van der Waals surface area contributed by atoms with Crippen molar-refractivity contribution in [3.8, 4) is 5.69 Å². The van der Waals surface area contributed by atoms with Crippen molar-refractivity contribution in [1.29, 1.82) is 0 Å². The second-order valence-corrected chi connectivity index (χ2v) is 5.10. The van der Waals surface area contributed by atoms with Crippen LogP contribution in [0.25, 0.3) is 5.69 Å². The zero-order valence-electron chi connectivity index (χ0n) is 12.2. The Kier molecular flexibility index (Phi) is 3.83. The average molecular weight is 273 g/mol. The molecule has 0 saturated carbocycles. The smallest absolute Gasteiger partial charge is 0.207 e. The van der Waals surface area contributed by atoms with Crippen LogP contribution >= 0.6 is 0 Å². The number of amides is 1. The van der Waals surface area contributed by atoms with Crippen LogP contribution in [-0.4, -0.2) is 26.6 Å². The van der Waals surface area contributed by atoms with E-state index in [1.807, 2.05) is 45.9 Å². The number of rotatable bonds is 5. The maximum absolute atomic E-state index is 10.9. The van der Waals surface area contributed by atoms with E-state index in [0.717, 1.165) is 16.8 Å². The number of para-hydroxylation sites is 1. The summed E-state index contributed by atoms with van der Waals surface area (Å²) in [7, 11) is 0. The fourth-order valence-corrected chi connectivity index (χ4v) is 2.28. The molecule has 1 aromatic heterocycles. The first-order valence-corrected chi connectivity index (χ1v) is 6.60. The van der Waals surface area contributed by atoms with Gasteiger partial charge in [-0.05, 0) is 48.7 Å². The number of hydrogen-bond acceptors (Lipinski definition) is 4. The maximum atomic E-state index is 10.9. The van der Waals surface area contributed by atoms with Gasteiger partial charge in [0.05, 0.1) is 11.2 Å². The molecule has 0 aliphatic carbocycles. The summed E-state index contributed by atoms with van der Waals surface area (Å²) in [6.45, 7) is 7.94. The van der Waals surface area contributed by atoms with Crippen LogP contribution in [0.4, 0.5) is 0 Å². The lowest BCUT2D eigenvalue weighted by atomic mass is 9.97. The lowest BCUT2D eigenvalue weighted by Gasteiger charge is -2.26. The molecule has 1 atom stereocenters. The zero-order chi connectivity index (χ0) is 14.8. The van der Waals surface area contributed by atoms with Crippen LogP contribution < -0.4 is 5.32 Å². The summed E-state index contributed by atoms with van der Waals surface area (Å²) in [6.07, 6.45) is 1.38. The quantitative estimate of drug-likeness (QED) is 0.841. The number of carbonyl (C=O) groups is 1. The van der Waals surface area contributed by atoms with E-state index in [9.17, 15) is 4.79 Å². The predicted octanol–water partition coefficient (Wildman–Crippen LogP) is 1.65. The highest BCUT2D eigenvalue weighted by molar-refractivity contribution is 5.50. The summed E-state index contributed by atoms with van der Waals surface area (Å²) in [5.74, 6) is 0.629. The molecule has 1 aromatic carbocycles. The molecule has 0 bridgehead atoms. The van der Waals surface area contributed by atoms with E-state index in [4.69, 9.17) is 0 Å². The maximum Gasteiger partial charge on any atom is 0.207 e. The van der Waals surface area contributed by atoms with E-state index < -0.39 is 5.54 Å². The minimum Gasteiger partial charge on any atom is -0.346 e. The molecule has 1 unspecified atom stereocenters. The summed E-state index contributed by atoms with van der Waals surface area (Å²) in [5, 5.41) is 14.8. The first kappa shape index (κ1) is 14.2. The Hall–Kier alpha value is -2.24. The number of aryl methyl sites for hydroxylation is 2. The van der Waals surface area contributed by atoms with Crippen LogP contribution in [0.1, 0.15) is 37.2 Å². The van der Waals surface area contributed by atoms with Gasteiger partial charge in [0.15, 0.2) is 5.82 Å². The van der Waals surface area contributed by atoms with Crippen LogP contribution in [-0.2, 0) is 10.3 Å². The Morgan fingerprint density at radius 3 is 2.55 bits per heavy atom.